The highest BCUT2D eigenvalue weighted by molar-refractivity contribution is 6.23. The molecule has 6 heterocycles. The molecule has 44 heavy (non-hydrogen) atoms. The second-order valence-electron chi connectivity index (χ2n) is 11.9. The van der Waals surface area contributed by atoms with E-state index in [4.69, 9.17) is 14.7 Å². The van der Waals surface area contributed by atoms with E-state index in [-0.39, 0.29) is 30.1 Å². The third kappa shape index (κ3) is 4.32. The van der Waals surface area contributed by atoms with Crippen LogP contribution in [0, 0.1) is 6.92 Å². The molecular formula is C35H37N5O4. The van der Waals surface area contributed by atoms with Gasteiger partial charge in [-0.05, 0) is 74.1 Å². The molecule has 0 unspecified atom stereocenters. The molecule has 2 aromatic rings. The van der Waals surface area contributed by atoms with Gasteiger partial charge < -0.3 is 14.7 Å². The van der Waals surface area contributed by atoms with Crippen LogP contribution in [0.5, 0.6) is 0 Å². The molecule has 2 aromatic heterocycles. The van der Waals surface area contributed by atoms with E-state index in [1.54, 1.807) is 0 Å². The number of esters is 1. The quantitative estimate of drug-likeness (QED) is 0.289. The average molecular weight is 592 g/mol. The van der Waals surface area contributed by atoms with E-state index in [2.05, 4.69) is 37.3 Å². The topological polar surface area (TPSA) is 121 Å². The number of hydrogen-bond acceptors (Lipinski definition) is 6. The van der Waals surface area contributed by atoms with Crippen molar-refractivity contribution in [2.24, 2.45) is 0 Å². The Hall–Kier alpha value is -4.79. The van der Waals surface area contributed by atoms with Crippen LogP contribution in [-0.2, 0) is 9.53 Å². The average Bonchev–Trinajstić information content (AvgIpc) is 3.68. The molecule has 6 rings (SSSR count). The van der Waals surface area contributed by atoms with Crippen LogP contribution in [0.4, 0.5) is 0 Å². The molecule has 9 nitrogen and oxygen atoms in total. The summed E-state index contributed by atoms with van der Waals surface area (Å²) in [6, 6.07) is 6.00. The molecule has 8 bridgehead atoms. The van der Waals surface area contributed by atoms with Gasteiger partial charge in [0.05, 0.1) is 46.5 Å². The first-order valence-corrected chi connectivity index (χ1v) is 15.0. The van der Waals surface area contributed by atoms with Crippen molar-refractivity contribution in [3.63, 3.8) is 0 Å². The number of nitrogens with one attached hydrogen (secondary N) is 2. The molecular weight excluding hydrogens is 554 g/mol. The molecule has 2 N–H and O–H groups in total. The fraction of sp³-hybridized carbons (Fsp3) is 0.343. The van der Waals surface area contributed by atoms with Crippen LogP contribution < -0.4 is 0 Å². The zero-order chi connectivity index (χ0) is 31.6. The van der Waals surface area contributed by atoms with Crippen molar-refractivity contribution in [2.45, 2.75) is 65.7 Å². The summed E-state index contributed by atoms with van der Waals surface area (Å²) in [4.78, 5) is 58.0. The summed E-state index contributed by atoms with van der Waals surface area (Å²) in [5.41, 5.74) is 11.7. The Labute approximate surface area is 256 Å². The highest BCUT2D eigenvalue weighted by atomic mass is 16.5. The lowest BCUT2D eigenvalue weighted by atomic mass is 9.84. The van der Waals surface area contributed by atoms with E-state index in [0.717, 1.165) is 68.3 Å². The summed E-state index contributed by atoms with van der Waals surface area (Å²) in [6.07, 6.45) is 3.25. The Morgan fingerprint density at radius 2 is 1.68 bits per heavy atom. The zero-order valence-electron chi connectivity index (χ0n) is 26.3. The van der Waals surface area contributed by atoms with E-state index in [1.165, 1.54) is 19.1 Å². The predicted molar refractivity (Wildman–Crippen MR) is 171 cm³/mol. The number of aromatic amines is 2. The van der Waals surface area contributed by atoms with Crippen LogP contribution in [0.15, 0.2) is 30.9 Å². The lowest BCUT2D eigenvalue weighted by Gasteiger charge is -2.24. The van der Waals surface area contributed by atoms with Gasteiger partial charge in [0.25, 0.3) is 11.8 Å². The molecule has 0 spiro atoms. The number of carbonyl (C=O) groups is 3. The van der Waals surface area contributed by atoms with E-state index in [0.29, 0.717) is 28.8 Å². The molecule has 0 aliphatic carbocycles. The van der Waals surface area contributed by atoms with E-state index < -0.39 is 5.91 Å². The van der Waals surface area contributed by atoms with Crippen LogP contribution in [-0.4, -0.2) is 56.8 Å². The number of carbonyl (C=O) groups excluding carboxylic acids is 3. The van der Waals surface area contributed by atoms with E-state index >= 15 is 0 Å². The van der Waals surface area contributed by atoms with E-state index in [9.17, 15) is 14.4 Å². The van der Waals surface area contributed by atoms with Crippen LogP contribution in [0.3, 0.4) is 0 Å². The van der Waals surface area contributed by atoms with E-state index in [1.807, 2.05) is 38.1 Å². The summed E-state index contributed by atoms with van der Waals surface area (Å²) >= 11 is 0. The monoisotopic (exact) mass is 591 g/mol. The molecule has 0 saturated heterocycles. The van der Waals surface area contributed by atoms with Crippen molar-refractivity contribution in [3.05, 3.63) is 81.7 Å². The first-order valence-electron chi connectivity index (χ1n) is 15.0. The molecule has 2 atom stereocenters. The molecule has 0 saturated carbocycles. The maximum Gasteiger partial charge on any atom is 0.305 e. The summed E-state index contributed by atoms with van der Waals surface area (Å²) in [6.45, 7) is 14.2. The first kappa shape index (κ1) is 29.3. The number of ether oxygens (including phenoxy) is 1. The molecule has 9 heteroatoms. The van der Waals surface area contributed by atoms with Crippen molar-refractivity contribution < 1.29 is 19.1 Å². The maximum atomic E-state index is 14.0. The number of fused-ring (bicyclic) bond motifs is 8. The van der Waals surface area contributed by atoms with Crippen molar-refractivity contribution >= 4 is 51.1 Å². The third-order valence-electron chi connectivity index (χ3n) is 9.57. The number of aromatic nitrogens is 4. The first-order chi connectivity index (χ1) is 21.0. The normalized spacial score (nSPS) is 18.7. The smallest absolute Gasteiger partial charge is 0.305 e. The zero-order valence-corrected chi connectivity index (χ0v) is 26.3. The number of H-pyrrole nitrogens is 2. The molecule has 226 valence electrons. The molecule has 4 aliphatic heterocycles. The molecule has 0 fully saturated rings. The van der Waals surface area contributed by atoms with Gasteiger partial charge in [0, 0.05) is 47.8 Å². The number of imide groups is 1. The lowest BCUT2D eigenvalue weighted by molar-refractivity contribution is -0.140. The second kappa shape index (κ2) is 10.7. The van der Waals surface area contributed by atoms with Crippen molar-refractivity contribution in [3.8, 4) is 0 Å². The summed E-state index contributed by atoms with van der Waals surface area (Å²) < 4.78 is 4.95. The SMILES string of the molecule is C=CC1=C(C)c2cc3[nH]c(c4c5[nH]c(cc6nc(cc1n2)C(C)=C6CC)c(C)c5C(=O)N(C)C4=O)[C@@H](CCC(=O)OC)[C@@H]3C. The van der Waals surface area contributed by atoms with Crippen molar-refractivity contribution in [2.75, 3.05) is 14.2 Å². The Morgan fingerprint density at radius 3 is 2.36 bits per heavy atom. The molecule has 0 radical (unpaired) electrons. The molecule has 0 aromatic carbocycles. The van der Waals surface area contributed by atoms with Gasteiger partial charge in [0.1, 0.15) is 0 Å². The van der Waals surface area contributed by atoms with Gasteiger partial charge in [-0.15, -0.1) is 0 Å². The van der Waals surface area contributed by atoms with Gasteiger partial charge >= 0.3 is 5.97 Å². The fourth-order valence-electron chi connectivity index (χ4n) is 6.87. The number of amides is 2. The summed E-state index contributed by atoms with van der Waals surface area (Å²) in [5, 5.41) is 0. The van der Waals surface area contributed by atoms with Crippen molar-refractivity contribution in [1.29, 1.82) is 0 Å². The van der Waals surface area contributed by atoms with Crippen LogP contribution >= 0.6 is 0 Å². The Kier molecular flexibility index (Phi) is 7.14. The molecule has 4 aliphatic rings. The van der Waals surface area contributed by atoms with Gasteiger partial charge in [-0.1, -0.05) is 26.5 Å². The van der Waals surface area contributed by atoms with Crippen LogP contribution in [0.2, 0.25) is 0 Å². The van der Waals surface area contributed by atoms with Gasteiger partial charge in [-0.2, -0.15) is 0 Å². The number of aryl methyl sites for hydroxylation is 1. The number of allylic oxidation sites excluding steroid dienone is 5. The van der Waals surface area contributed by atoms with Crippen molar-refractivity contribution in [1.82, 2.24) is 24.8 Å². The Balaban J connectivity index is 1.79. The van der Waals surface area contributed by atoms with Crippen LogP contribution in [0.25, 0.3) is 33.3 Å². The Morgan fingerprint density at radius 1 is 1.00 bits per heavy atom. The van der Waals surface area contributed by atoms with Gasteiger partial charge in [0.15, 0.2) is 0 Å². The highest BCUT2D eigenvalue weighted by Crippen LogP contribution is 2.44. The minimum Gasteiger partial charge on any atom is -0.469 e. The number of nitrogens with zero attached hydrogens (tertiary/aromatic N) is 3. The Bertz CT molecular complexity index is 1940. The highest BCUT2D eigenvalue weighted by Gasteiger charge is 2.39. The fourth-order valence-corrected chi connectivity index (χ4v) is 6.87. The van der Waals surface area contributed by atoms with Gasteiger partial charge in [-0.25, -0.2) is 9.97 Å². The summed E-state index contributed by atoms with van der Waals surface area (Å²) in [5.74, 6) is -1.37. The number of hydrogen-bond donors (Lipinski definition) is 2. The van der Waals surface area contributed by atoms with Gasteiger partial charge in [0.2, 0.25) is 0 Å². The number of rotatable bonds is 5. The largest absolute Gasteiger partial charge is 0.469 e. The number of methoxy groups -OCH3 is 1. The predicted octanol–water partition coefficient (Wildman–Crippen LogP) is 6.87. The van der Waals surface area contributed by atoms with Gasteiger partial charge in [-0.3, -0.25) is 19.3 Å². The third-order valence-corrected chi connectivity index (χ3v) is 9.57. The standard InChI is InChI=1S/C35H37N5O4/c1-9-20-16(3)23-13-25-18(5)22(11-12-29(41)44-8)32(38-25)31-33-30(34(42)40(7)35(31)43)19(6)26(39-33)15-28-21(10-2)17(4)24(37-28)14-27(20)36-23/h9,13-15,18,22,38-39H,1,10-12H2,2-8H3/t18-,22-/m0/s1. The minimum absolute atomic E-state index is 0.0805. The maximum absolute atomic E-state index is 14.0. The van der Waals surface area contributed by atoms with Crippen LogP contribution in [0.1, 0.15) is 119 Å². The summed E-state index contributed by atoms with van der Waals surface area (Å²) in [7, 11) is 2.89. The lowest BCUT2D eigenvalue weighted by Crippen LogP contribution is -2.37. The minimum atomic E-state index is -0.400. The second-order valence-corrected chi connectivity index (χ2v) is 11.9. The molecule has 2 amide bonds.